The van der Waals surface area contributed by atoms with Crippen molar-refractivity contribution in [2.75, 3.05) is 17.2 Å². The number of benzene rings is 2. The topological polar surface area (TPSA) is 126 Å². The Morgan fingerprint density at radius 3 is 1.68 bits per heavy atom. The summed E-state index contributed by atoms with van der Waals surface area (Å²) >= 11 is 0. The molecule has 7 nitrogen and oxygen atoms in total. The molecule has 0 aliphatic carbocycles. The minimum absolute atomic E-state index is 0.0877. The lowest BCUT2D eigenvalue weighted by atomic mass is 10.2. The van der Waals surface area contributed by atoms with Crippen LogP contribution in [0.5, 0.6) is 11.5 Å². The maximum atomic E-state index is 5.71. The predicted octanol–water partition coefficient (Wildman–Crippen LogP) is 2.08. The minimum Gasteiger partial charge on any atom is -0.457 e. The van der Waals surface area contributed by atoms with Crippen molar-refractivity contribution in [1.29, 1.82) is 0 Å². The molecule has 0 spiro atoms. The Hall–Kier alpha value is -3.35. The molecule has 6 N–H and O–H groups in total. The van der Waals surface area contributed by atoms with Crippen LogP contribution >= 0.6 is 0 Å². The molecule has 0 saturated heterocycles. The number of hydrogen-bond donors (Lipinski definition) is 3. The van der Waals surface area contributed by atoms with E-state index in [-0.39, 0.29) is 11.9 Å². The fourth-order valence-corrected chi connectivity index (χ4v) is 1.88. The number of nitrogens with two attached hydrogens (primary N) is 3. The van der Waals surface area contributed by atoms with Crippen molar-refractivity contribution < 1.29 is 4.74 Å². The summed E-state index contributed by atoms with van der Waals surface area (Å²) in [6.45, 7) is 0. The van der Waals surface area contributed by atoms with Gasteiger partial charge in [-0.15, -0.1) is 0 Å². The highest BCUT2D eigenvalue weighted by Gasteiger charge is 2.05. The van der Waals surface area contributed by atoms with Gasteiger partial charge in [-0.05, 0) is 48.5 Å². The molecule has 0 fully saturated rings. The van der Waals surface area contributed by atoms with E-state index in [1.54, 1.807) is 24.3 Å². The Kier molecular flexibility index (Phi) is 3.45. The molecule has 0 saturated carbocycles. The first-order valence-corrected chi connectivity index (χ1v) is 6.51. The molecule has 0 radical (unpaired) electrons. The Morgan fingerprint density at radius 1 is 0.636 bits per heavy atom. The standard InChI is InChI=1S/C15H14N6O/c16-10-3-7-12(8-4-10)22-11-5-1-9(2-6-11)13-19-14(17)21-15(18)20-13/h1-8H,16H2,(H4,17,18,19,20,21). The molecule has 0 atom stereocenters. The van der Waals surface area contributed by atoms with Gasteiger partial charge in [-0.2, -0.15) is 15.0 Å². The Balaban J connectivity index is 1.81. The van der Waals surface area contributed by atoms with Gasteiger partial charge in [0.05, 0.1) is 0 Å². The quantitative estimate of drug-likeness (QED) is 0.631. The number of anilines is 3. The number of nitrogen functional groups attached to an aromatic ring is 3. The van der Waals surface area contributed by atoms with Crippen LogP contribution in [0.4, 0.5) is 17.6 Å². The number of nitrogens with zero attached hydrogens (tertiary/aromatic N) is 3. The van der Waals surface area contributed by atoms with Crippen molar-refractivity contribution >= 4 is 17.6 Å². The SMILES string of the molecule is Nc1ccc(Oc2ccc(-c3nc(N)nc(N)n3)cc2)cc1. The Morgan fingerprint density at radius 2 is 1.14 bits per heavy atom. The van der Waals surface area contributed by atoms with Crippen molar-refractivity contribution in [3.05, 3.63) is 48.5 Å². The highest BCUT2D eigenvalue weighted by molar-refractivity contribution is 5.58. The third-order valence-electron chi connectivity index (χ3n) is 2.90. The number of hydrogen-bond acceptors (Lipinski definition) is 7. The second-order valence-corrected chi connectivity index (χ2v) is 4.57. The van der Waals surface area contributed by atoms with E-state index >= 15 is 0 Å². The van der Waals surface area contributed by atoms with Crippen LogP contribution in [0.3, 0.4) is 0 Å². The average Bonchev–Trinajstić information content (AvgIpc) is 2.49. The van der Waals surface area contributed by atoms with Gasteiger partial charge in [-0.3, -0.25) is 0 Å². The van der Waals surface area contributed by atoms with E-state index in [4.69, 9.17) is 21.9 Å². The lowest BCUT2D eigenvalue weighted by Crippen LogP contribution is -2.04. The van der Waals surface area contributed by atoms with E-state index in [0.717, 1.165) is 5.56 Å². The van der Waals surface area contributed by atoms with Gasteiger partial charge in [0.1, 0.15) is 11.5 Å². The summed E-state index contributed by atoms with van der Waals surface area (Å²) in [7, 11) is 0. The maximum Gasteiger partial charge on any atom is 0.225 e. The third kappa shape index (κ3) is 3.04. The normalized spacial score (nSPS) is 10.4. The summed E-state index contributed by atoms with van der Waals surface area (Å²) in [5.74, 6) is 1.98. The Labute approximate surface area is 126 Å². The van der Waals surface area contributed by atoms with Gasteiger partial charge in [0.2, 0.25) is 11.9 Å². The zero-order valence-electron chi connectivity index (χ0n) is 11.6. The van der Waals surface area contributed by atoms with E-state index < -0.39 is 0 Å². The lowest BCUT2D eigenvalue weighted by Gasteiger charge is -2.07. The highest BCUT2D eigenvalue weighted by atomic mass is 16.5. The molecule has 7 heteroatoms. The van der Waals surface area contributed by atoms with Crippen LogP contribution in [-0.4, -0.2) is 15.0 Å². The predicted molar refractivity (Wildman–Crippen MR) is 85.0 cm³/mol. The van der Waals surface area contributed by atoms with Gasteiger partial charge >= 0.3 is 0 Å². The van der Waals surface area contributed by atoms with Crippen molar-refractivity contribution in [3.63, 3.8) is 0 Å². The van der Waals surface area contributed by atoms with Crippen LogP contribution in [0, 0.1) is 0 Å². The minimum atomic E-state index is 0.0877. The summed E-state index contributed by atoms with van der Waals surface area (Å²) in [6, 6.07) is 14.4. The van der Waals surface area contributed by atoms with Crippen molar-refractivity contribution in [1.82, 2.24) is 15.0 Å². The largest absolute Gasteiger partial charge is 0.457 e. The molecule has 3 rings (SSSR count). The van der Waals surface area contributed by atoms with E-state index in [2.05, 4.69) is 15.0 Å². The van der Waals surface area contributed by atoms with E-state index in [1.165, 1.54) is 0 Å². The molecule has 0 amide bonds. The molecule has 1 heterocycles. The molecule has 110 valence electrons. The van der Waals surface area contributed by atoms with Crippen LogP contribution in [0.1, 0.15) is 0 Å². The fraction of sp³-hybridized carbons (Fsp3) is 0. The zero-order chi connectivity index (χ0) is 15.5. The first kappa shape index (κ1) is 13.6. The van der Waals surface area contributed by atoms with E-state index in [1.807, 2.05) is 24.3 Å². The van der Waals surface area contributed by atoms with Gasteiger partial charge in [0.15, 0.2) is 5.82 Å². The Bertz CT molecular complexity index is 766. The smallest absolute Gasteiger partial charge is 0.225 e. The molecule has 2 aromatic carbocycles. The second-order valence-electron chi connectivity index (χ2n) is 4.57. The first-order chi connectivity index (χ1) is 10.6. The van der Waals surface area contributed by atoms with Crippen LogP contribution in [0.25, 0.3) is 11.4 Å². The summed E-state index contributed by atoms with van der Waals surface area (Å²) < 4.78 is 5.71. The van der Waals surface area contributed by atoms with Crippen LogP contribution < -0.4 is 21.9 Å². The molecule has 0 aliphatic rings. The second kappa shape index (κ2) is 5.57. The number of rotatable bonds is 3. The molecule has 1 aromatic heterocycles. The summed E-state index contributed by atoms with van der Waals surface area (Å²) in [5, 5.41) is 0. The monoisotopic (exact) mass is 294 g/mol. The average molecular weight is 294 g/mol. The number of ether oxygens (including phenoxy) is 1. The fourth-order valence-electron chi connectivity index (χ4n) is 1.88. The molecule has 3 aromatic rings. The van der Waals surface area contributed by atoms with Crippen LogP contribution in [0.2, 0.25) is 0 Å². The first-order valence-electron chi connectivity index (χ1n) is 6.51. The van der Waals surface area contributed by atoms with E-state index in [0.29, 0.717) is 23.0 Å². The van der Waals surface area contributed by atoms with E-state index in [9.17, 15) is 0 Å². The van der Waals surface area contributed by atoms with Crippen LogP contribution in [0.15, 0.2) is 48.5 Å². The van der Waals surface area contributed by atoms with Crippen molar-refractivity contribution in [2.45, 2.75) is 0 Å². The van der Waals surface area contributed by atoms with Crippen molar-refractivity contribution in [2.24, 2.45) is 0 Å². The third-order valence-corrected chi connectivity index (χ3v) is 2.90. The maximum absolute atomic E-state index is 5.71. The zero-order valence-corrected chi connectivity index (χ0v) is 11.6. The molecule has 0 aliphatic heterocycles. The summed E-state index contributed by atoms with van der Waals surface area (Å²) in [6.07, 6.45) is 0. The van der Waals surface area contributed by atoms with Gasteiger partial charge in [-0.25, -0.2) is 0 Å². The highest BCUT2D eigenvalue weighted by Crippen LogP contribution is 2.25. The van der Waals surface area contributed by atoms with Gasteiger partial charge < -0.3 is 21.9 Å². The molecular formula is C15H14N6O. The van der Waals surface area contributed by atoms with Gasteiger partial charge in [-0.1, -0.05) is 0 Å². The number of aromatic nitrogens is 3. The molecular weight excluding hydrogens is 280 g/mol. The van der Waals surface area contributed by atoms with Crippen LogP contribution in [-0.2, 0) is 0 Å². The summed E-state index contributed by atoms with van der Waals surface area (Å²) in [5.41, 5.74) is 18.2. The van der Waals surface area contributed by atoms with Gasteiger partial charge in [0, 0.05) is 11.3 Å². The van der Waals surface area contributed by atoms with Crippen molar-refractivity contribution in [3.8, 4) is 22.9 Å². The van der Waals surface area contributed by atoms with Gasteiger partial charge in [0.25, 0.3) is 0 Å². The molecule has 0 unspecified atom stereocenters. The molecule has 0 bridgehead atoms. The molecule has 22 heavy (non-hydrogen) atoms. The lowest BCUT2D eigenvalue weighted by molar-refractivity contribution is 0.483. The summed E-state index contributed by atoms with van der Waals surface area (Å²) in [4.78, 5) is 11.8.